The SMILES string of the molecule is COc1cc(C(=O)O)ccc1SNc1noc2cc(Cn3cc(CNC(=O)OC(C)(C)C)cn3)cc(OC)c12. The molecule has 0 spiro atoms. The van der Waals surface area contributed by atoms with Crippen molar-refractivity contribution in [1.29, 1.82) is 0 Å². The number of hydrogen-bond donors (Lipinski definition) is 3. The molecule has 0 radical (unpaired) electrons. The minimum atomic E-state index is -1.04. The van der Waals surface area contributed by atoms with Crippen molar-refractivity contribution in [3.05, 3.63) is 59.4 Å². The summed E-state index contributed by atoms with van der Waals surface area (Å²) in [5.41, 5.74) is 1.76. The van der Waals surface area contributed by atoms with Gasteiger partial charge in [-0.15, -0.1) is 0 Å². The molecule has 0 fully saturated rings. The quantitative estimate of drug-likeness (QED) is 0.229. The van der Waals surface area contributed by atoms with Crippen LogP contribution < -0.4 is 19.5 Å². The number of aromatic nitrogens is 3. The van der Waals surface area contributed by atoms with Crippen molar-refractivity contribution in [1.82, 2.24) is 20.3 Å². The molecule has 2 heterocycles. The zero-order valence-electron chi connectivity index (χ0n) is 22.1. The lowest BCUT2D eigenvalue weighted by molar-refractivity contribution is 0.0523. The number of carboxylic acid groups (broad SMARTS) is 1. The van der Waals surface area contributed by atoms with Crippen LogP contribution in [0.2, 0.25) is 0 Å². The van der Waals surface area contributed by atoms with Gasteiger partial charge < -0.3 is 33.9 Å². The van der Waals surface area contributed by atoms with Crippen molar-refractivity contribution >= 4 is 40.8 Å². The van der Waals surface area contributed by atoms with Crippen molar-refractivity contribution in [3.8, 4) is 11.5 Å². The smallest absolute Gasteiger partial charge is 0.407 e. The third-order valence-electron chi connectivity index (χ3n) is 5.35. The lowest BCUT2D eigenvalue weighted by Crippen LogP contribution is -2.32. The molecule has 0 saturated heterocycles. The second-order valence-corrected chi connectivity index (χ2v) is 10.3. The Hall–Kier alpha value is -4.39. The number of fused-ring (bicyclic) bond motifs is 1. The monoisotopic (exact) mass is 555 g/mol. The first-order chi connectivity index (χ1) is 18.6. The van der Waals surface area contributed by atoms with E-state index >= 15 is 0 Å². The van der Waals surface area contributed by atoms with Crippen molar-refractivity contribution in [2.45, 2.75) is 44.4 Å². The first-order valence-electron chi connectivity index (χ1n) is 11.8. The fourth-order valence-corrected chi connectivity index (χ4v) is 4.38. The lowest BCUT2D eigenvalue weighted by Gasteiger charge is -2.19. The van der Waals surface area contributed by atoms with Crippen LogP contribution in [0.5, 0.6) is 11.5 Å². The Morgan fingerprint density at radius 1 is 1.10 bits per heavy atom. The third kappa shape index (κ3) is 6.93. The summed E-state index contributed by atoms with van der Waals surface area (Å²) in [4.78, 5) is 23.8. The summed E-state index contributed by atoms with van der Waals surface area (Å²) >= 11 is 1.20. The lowest BCUT2D eigenvalue weighted by atomic mass is 10.1. The number of ether oxygens (including phenoxy) is 3. The maximum Gasteiger partial charge on any atom is 0.407 e. The van der Waals surface area contributed by atoms with Gasteiger partial charge in [0.15, 0.2) is 11.4 Å². The Bertz CT molecular complexity index is 1490. The van der Waals surface area contributed by atoms with E-state index in [-0.39, 0.29) is 12.1 Å². The van der Waals surface area contributed by atoms with Crippen LogP contribution in [0.4, 0.5) is 10.6 Å². The van der Waals surface area contributed by atoms with Gasteiger partial charge in [-0.3, -0.25) is 4.68 Å². The van der Waals surface area contributed by atoms with Crippen molar-refractivity contribution in [3.63, 3.8) is 0 Å². The van der Waals surface area contributed by atoms with Crippen LogP contribution in [-0.4, -0.2) is 51.9 Å². The number of carboxylic acids is 1. The zero-order valence-corrected chi connectivity index (χ0v) is 22.9. The van der Waals surface area contributed by atoms with Crippen LogP contribution in [0.15, 0.2) is 52.1 Å². The predicted octanol–water partition coefficient (Wildman–Crippen LogP) is 4.93. The molecule has 0 bridgehead atoms. The fourth-order valence-electron chi connectivity index (χ4n) is 3.66. The van der Waals surface area contributed by atoms with Gasteiger partial charge in [-0.25, -0.2) is 9.59 Å². The number of benzene rings is 2. The molecule has 4 aromatic rings. The number of nitrogens with zero attached hydrogens (tertiary/aromatic N) is 3. The molecule has 0 atom stereocenters. The molecule has 206 valence electrons. The van der Waals surface area contributed by atoms with Gasteiger partial charge in [-0.1, -0.05) is 5.16 Å². The van der Waals surface area contributed by atoms with E-state index in [1.807, 2.05) is 18.3 Å². The average molecular weight is 556 g/mol. The molecule has 12 nitrogen and oxygen atoms in total. The summed E-state index contributed by atoms with van der Waals surface area (Å²) in [6.45, 7) is 6.14. The summed E-state index contributed by atoms with van der Waals surface area (Å²) in [7, 11) is 3.03. The van der Waals surface area contributed by atoms with Gasteiger partial charge in [-0.05, 0) is 68.6 Å². The number of anilines is 1. The molecule has 0 aliphatic heterocycles. The van der Waals surface area contributed by atoms with Crippen LogP contribution >= 0.6 is 11.9 Å². The zero-order chi connectivity index (χ0) is 28.2. The highest BCUT2D eigenvalue weighted by Crippen LogP contribution is 2.37. The molecule has 0 unspecified atom stereocenters. The number of rotatable bonds is 10. The number of alkyl carbamates (subject to hydrolysis) is 1. The minimum Gasteiger partial charge on any atom is -0.496 e. The van der Waals surface area contributed by atoms with Gasteiger partial charge in [-0.2, -0.15) is 5.10 Å². The molecule has 3 N–H and O–H groups in total. The summed E-state index contributed by atoms with van der Waals surface area (Å²) < 4.78 is 26.7. The van der Waals surface area contributed by atoms with E-state index in [1.165, 1.54) is 31.2 Å². The Morgan fingerprint density at radius 2 is 1.87 bits per heavy atom. The number of methoxy groups -OCH3 is 2. The van der Waals surface area contributed by atoms with Crippen molar-refractivity contribution in [2.24, 2.45) is 0 Å². The third-order valence-corrected chi connectivity index (χ3v) is 6.21. The van der Waals surface area contributed by atoms with E-state index in [2.05, 4.69) is 20.3 Å². The average Bonchev–Trinajstić information content (AvgIpc) is 3.51. The number of hydrogen-bond acceptors (Lipinski definition) is 10. The normalized spacial score (nSPS) is 11.3. The Balaban J connectivity index is 1.46. The maximum absolute atomic E-state index is 11.9. The van der Waals surface area contributed by atoms with Gasteiger partial charge in [0, 0.05) is 18.3 Å². The van der Waals surface area contributed by atoms with Gasteiger partial charge >= 0.3 is 12.1 Å². The summed E-state index contributed by atoms with van der Waals surface area (Å²) in [5, 5.41) is 21.1. The highest BCUT2D eigenvalue weighted by atomic mass is 32.2. The number of amides is 1. The standard InChI is InChI=1S/C26H29N5O7S/c1-26(2,3)37-25(34)27-11-16-12-28-31(14-16)13-15-8-19(36-5)22-20(9-15)38-29-23(22)30-39-21-7-6-17(24(32)33)10-18(21)35-4/h6-10,12,14H,11,13H2,1-5H3,(H,27,34)(H,29,30)(H,32,33). The van der Waals surface area contributed by atoms with E-state index in [4.69, 9.17) is 18.7 Å². The Kier molecular flexibility index (Phi) is 8.19. The fraction of sp³-hybridized carbons (Fsp3) is 0.308. The van der Waals surface area contributed by atoms with E-state index < -0.39 is 17.7 Å². The number of nitrogens with one attached hydrogen (secondary N) is 2. The second-order valence-electron chi connectivity index (χ2n) is 9.48. The second kappa shape index (κ2) is 11.6. The molecule has 13 heteroatoms. The summed E-state index contributed by atoms with van der Waals surface area (Å²) in [5.74, 6) is 0.371. The van der Waals surface area contributed by atoms with Crippen LogP contribution in [0.1, 0.15) is 42.3 Å². The van der Waals surface area contributed by atoms with Crippen LogP contribution in [-0.2, 0) is 17.8 Å². The summed E-state index contributed by atoms with van der Waals surface area (Å²) in [6, 6.07) is 8.32. The molecule has 2 aromatic heterocycles. The first kappa shape index (κ1) is 27.6. The molecule has 0 saturated carbocycles. The van der Waals surface area contributed by atoms with Crippen LogP contribution in [0.3, 0.4) is 0 Å². The predicted molar refractivity (Wildman–Crippen MR) is 144 cm³/mol. The van der Waals surface area contributed by atoms with Crippen molar-refractivity contribution < 1.29 is 33.4 Å². The van der Waals surface area contributed by atoms with Gasteiger partial charge in [0.2, 0.25) is 0 Å². The van der Waals surface area contributed by atoms with Gasteiger partial charge in [0.1, 0.15) is 22.5 Å². The van der Waals surface area contributed by atoms with Crippen LogP contribution in [0, 0.1) is 0 Å². The van der Waals surface area contributed by atoms with Crippen molar-refractivity contribution in [2.75, 3.05) is 18.9 Å². The van der Waals surface area contributed by atoms with Gasteiger partial charge in [0.05, 0.1) is 37.4 Å². The Labute approximate surface area is 228 Å². The first-order valence-corrected chi connectivity index (χ1v) is 12.7. The molecule has 39 heavy (non-hydrogen) atoms. The van der Waals surface area contributed by atoms with Crippen LogP contribution in [0.25, 0.3) is 11.0 Å². The largest absolute Gasteiger partial charge is 0.496 e. The highest BCUT2D eigenvalue weighted by Gasteiger charge is 2.18. The van der Waals surface area contributed by atoms with E-state index in [1.54, 1.807) is 44.8 Å². The summed E-state index contributed by atoms with van der Waals surface area (Å²) in [6.07, 6.45) is 3.02. The number of aromatic carboxylic acids is 1. The molecule has 4 rings (SSSR count). The molecule has 2 aromatic carbocycles. The molecule has 1 amide bonds. The van der Waals surface area contributed by atoms with E-state index in [0.717, 1.165) is 11.1 Å². The highest BCUT2D eigenvalue weighted by molar-refractivity contribution is 8.00. The molecule has 0 aliphatic rings. The molecular weight excluding hydrogens is 526 g/mol. The number of carbonyl (C=O) groups excluding carboxylic acids is 1. The minimum absolute atomic E-state index is 0.126. The van der Waals surface area contributed by atoms with E-state index in [9.17, 15) is 14.7 Å². The molecule has 0 aliphatic carbocycles. The number of carbonyl (C=O) groups is 2. The van der Waals surface area contributed by atoms with Gasteiger partial charge in [0.25, 0.3) is 0 Å². The topological polar surface area (TPSA) is 150 Å². The van der Waals surface area contributed by atoms with E-state index in [0.29, 0.717) is 39.7 Å². The maximum atomic E-state index is 11.9. The molecular formula is C26H29N5O7S. The Morgan fingerprint density at radius 3 is 2.56 bits per heavy atom.